The largest absolute Gasteiger partial charge is 0.496 e. The highest BCUT2D eigenvalue weighted by atomic mass is 16.5. The summed E-state index contributed by atoms with van der Waals surface area (Å²) in [6, 6.07) is 10.4. The van der Waals surface area contributed by atoms with E-state index in [2.05, 4.69) is 0 Å². The number of esters is 1. The molecule has 6 heteroatoms. The van der Waals surface area contributed by atoms with Crippen LogP contribution in [0, 0.1) is 0 Å². The van der Waals surface area contributed by atoms with Gasteiger partial charge in [0.15, 0.2) is 17.3 Å². The van der Waals surface area contributed by atoms with Gasteiger partial charge >= 0.3 is 5.97 Å². The quantitative estimate of drug-likeness (QED) is 0.369. The summed E-state index contributed by atoms with van der Waals surface area (Å²) in [6.07, 6.45) is 2.96. The summed E-state index contributed by atoms with van der Waals surface area (Å²) in [6.45, 7) is 3.90. The van der Waals surface area contributed by atoms with E-state index in [9.17, 15) is 9.59 Å². The van der Waals surface area contributed by atoms with Crippen molar-refractivity contribution < 1.29 is 28.5 Å². The molecule has 2 aromatic rings. The number of methoxy groups -OCH3 is 2. The zero-order valence-corrected chi connectivity index (χ0v) is 16.5. The van der Waals surface area contributed by atoms with Gasteiger partial charge in [0.05, 0.1) is 20.8 Å². The molecule has 0 unspecified atom stereocenters. The van der Waals surface area contributed by atoms with Crippen molar-refractivity contribution in [2.75, 3.05) is 20.8 Å². The first-order chi connectivity index (χ1) is 13.5. The Bertz CT molecular complexity index is 869. The second kappa shape index (κ2) is 10.2. The number of rotatable bonds is 9. The van der Waals surface area contributed by atoms with Crippen molar-refractivity contribution in [3.8, 4) is 17.2 Å². The van der Waals surface area contributed by atoms with Crippen LogP contribution in [0.3, 0.4) is 0 Å². The van der Waals surface area contributed by atoms with Crippen molar-refractivity contribution in [3.05, 3.63) is 59.2 Å². The highest BCUT2D eigenvalue weighted by Crippen LogP contribution is 2.28. The Morgan fingerprint density at radius 1 is 0.964 bits per heavy atom. The lowest BCUT2D eigenvalue weighted by atomic mass is 10.1. The first-order valence-corrected chi connectivity index (χ1v) is 8.82. The summed E-state index contributed by atoms with van der Waals surface area (Å²) in [7, 11) is 3.08. The first-order valence-electron chi connectivity index (χ1n) is 8.82. The molecule has 0 saturated heterocycles. The van der Waals surface area contributed by atoms with E-state index in [1.54, 1.807) is 43.5 Å². The number of carbonyl (C=O) groups excluding carboxylic acids is 2. The molecule has 0 saturated carbocycles. The Balaban J connectivity index is 2.04. The summed E-state index contributed by atoms with van der Waals surface area (Å²) < 4.78 is 21.3. The number of benzene rings is 2. The van der Waals surface area contributed by atoms with Crippen LogP contribution in [0.4, 0.5) is 0 Å². The van der Waals surface area contributed by atoms with Gasteiger partial charge in [-0.25, -0.2) is 4.79 Å². The third-order valence-electron chi connectivity index (χ3n) is 3.96. The minimum absolute atomic E-state index is 0.0000651. The maximum absolute atomic E-state index is 12.1. The van der Waals surface area contributed by atoms with Gasteiger partial charge < -0.3 is 18.9 Å². The monoisotopic (exact) mass is 384 g/mol. The molecular formula is C22H24O6. The molecule has 148 valence electrons. The van der Waals surface area contributed by atoms with E-state index in [-0.39, 0.29) is 12.4 Å². The molecule has 0 radical (unpaired) electrons. The summed E-state index contributed by atoms with van der Waals surface area (Å²) in [4.78, 5) is 23.6. The van der Waals surface area contributed by atoms with Crippen molar-refractivity contribution >= 4 is 17.8 Å². The van der Waals surface area contributed by atoms with Crippen LogP contribution in [-0.4, -0.2) is 32.6 Å². The van der Waals surface area contributed by atoms with Crippen molar-refractivity contribution in [2.24, 2.45) is 0 Å². The maximum Gasteiger partial charge on any atom is 0.331 e. The van der Waals surface area contributed by atoms with E-state index in [0.29, 0.717) is 35.0 Å². The van der Waals surface area contributed by atoms with Gasteiger partial charge in [-0.2, -0.15) is 0 Å². The predicted molar refractivity (Wildman–Crippen MR) is 106 cm³/mol. The van der Waals surface area contributed by atoms with Crippen LogP contribution in [-0.2, 0) is 16.1 Å². The number of carbonyl (C=O) groups is 2. The molecule has 0 amide bonds. The molecule has 0 aliphatic carbocycles. The summed E-state index contributed by atoms with van der Waals surface area (Å²) in [5.74, 6) is 1.20. The minimum atomic E-state index is -0.511. The lowest BCUT2D eigenvalue weighted by molar-refractivity contribution is -0.138. The lowest BCUT2D eigenvalue weighted by Gasteiger charge is -2.10. The van der Waals surface area contributed by atoms with Gasteiger partial charge in [-0.05, 0) is 55.8 Å². The molecule has 0 aromatic heterocycles. The molecule has 0 atom stereocenters. The van der Waals surface area contributed by atoms with Crippen molar-refractivity contribution in [3.63, 3.8) is 0 Å². The summed E-state index contributed by atoms with van der Waals surface area (Å²) >= 11 is 0. The summed E-state index contributed by atoms with van der Waals surface area (Å²) in [5.41, 5.74) is 1.93. The number of hydrogen-bond acceptors (Lipinski definition) is 6. The van der Waals surface area contributed by atoms with Crippen LogP contribution >= 0.6 is 0 Å². The van der Waals surface area contributed by atoms with Gasteiger partial charge in [0.2, 0.25) is 0 Å². The van der Waals surface area contributed by atoms with Crippen LogP contribution in [0.15, 0.2) is 42.5 Å². The van der Waals surface area contributed by atoms with Gasteiger partial charge in [-0.15, -0.1) is 0 Å². The van der Waals surface area contributed by atoms with E-state index < -0.39 is 5.97 Å². The molecule has 28 heavy (non-hydrogen) atoms. The predicted octanol–water partition coefficient (Wildman–Crippen LogP) is 4.06. The minimum Gasteiger partial charge on any atom is -0.496 e. The second-order valence-corrected chi connectivity index (χ2v) is 5.87. The molecule has 2 rings (SSSR count). The highest BCUT2D eigenvalue weighted by Gasteiger charge is 2.09. The van der Waals surface area contributed by atoms with E-state index in [1.807, 2.05) is 13.0 Å². The number of ketones is 1. The van der Waals surface area contributed by atoms with E-state index >= 15 is 0 Å². The number of hydrogen-bond donors (Lipinski definition) is 0. The van der Waals surface area contributed by atoms with Gasteiger partial charge in [0, 0.05) is 17.2 Å². The SMILES string of the molecule is CCOc1ccc(/C=C/C(=O)OCc2cc(C(C)=O)ccc2OC)cc1OC. The fourth-order valence-corrected chi connectivity index (χ4v) is 2.53. The number of Topliss-reactive ketones (excluding diaryl/α,β-unsaturated/α-hetero) is 1. The van der Waals surface area contributed by atoms with Crippen LogP contribution < -0.4 is 14.2 Å². The standard InChI is InChI=1S/C22H24O6/c1-5-27-20-9-6-16(12-21(20)26-4)7-11-22(24)28-14-18-13-17(15(2)23)8-10-19(18)25-3/h6-13H,5,14H2,1-4H3/b11-7+. The molecule has 0 spiro atoms. The Morgan fingerprint density at radius 3 is 2.32 bits per heavy atom. The topological polar surface area (TPSA) is 71.1 Å². The zero-order chi connectivity index (χ0) is 20.5. The van der Waals surface area contributed by atoms with Crippen molar-refractivity contribution in [1.82, 2.24) is 0 Å². The molecule has 0 aliphatic heterocycles. The van der Waals surface area contributed by atoms with Crippen LogP contribution in [0.5, 0.6) is 17.2 Å². The van der Waals surface area contributed by atoms with Crippen molar-refractivity contribution in [1.29, 1.82) is 0 Å². The van der Waals surface area contributed by atoms with Crippen LogP contribution in [0.1, 0.15) is 35.3 Å². The summed E-state index contributed by atoms with van der Waals surface area (Å²) in [5, 5.41) is 0. The number of ether oxygens (including phenoxy) is 4. The normalized spacial score (nSPS) is 10.6. The van der Waals surface area contributed by atoms with Crippen LogP contribution in [0.2, 0.25) is 0 Å². The second-order valence-electron chi connectivity index (χ2n) is 5.87. The third kappa shape index (κ3) is 5.61. The Labute approximate surface area is 164 Å². The average molecular weight is 384 g/mol. The highest BCUT2D eigenvalue weighted by molar-refractivity contribution is 5.94. The molecule has 6 nitrogen and oxygen atoms in total. The van der Waals surface area contributed by atoms with Gasteiger partial charge in [-0.3, -0.25) is 4.79 Å². The zero-order valence-electron chi connectivity index (χ0n) is 16.5. The van der Waals surface area contributed by atoms with E-state index in [4.69, 9.17) is 18.9 Å². The van der Waals surface area contributed by atoms with Gasteiger partial charge in [0.25, 0.3) is 0 Å². The maximum atomic E-state index is 12.1. The fraction of sp³-hybridized carbons (Fsp3) is 0.273. The Morgan fingerprint density at radius 2 is 1.68 bits per heavy atom. The Kier molecular flexibility index (Phi) is 7.63. The molecule has 0 bridgehead atoms. The molecule has 2 aromatic carbocycles. The third-order valence-corrected chi connectivity index (χ3v) is 3.96. The van der Waals surface area contributed by atoms with Crippen molar-refractivity contribution in [2.45, 2.75) is 20.5 Å². The lowest BCUT2D eigenvalue weighted by Crippen LogP contribution is -2.04. The first kappa shape index (κ1) is 21.0. The van der Waals surface area contributed by atoms with E-state index in [1.165, 1.54) is 20.1 Å². The van der Waals surface area contributed by atoms with Gasteiger partial charge in [0.1, 0.15) is 12.4 Å². The van der Waals surface area contributed by atoms with Crippen LogP contribution in [0.25, 0.3) is 6.08 Å². The molecule has 0 heterocycles. The smallest absolute Gasteiger partial charge is 0.331 e. The molecule has 0 fully saturated rings. The molecular weight excluding hydrogens is 360 g/mol. The fourth-order valence-electron chi connectivity index (χ4n) is 2.53. The van der Waals surface area contributed by atoms with Gasteiger partial charge in [-0.1, -0.05) is 6.07 Å². The molecule has 0 N–H and O–H groups in total. The molecule has 0 aliphatic rings. The van der Waals surface area contributed by atoms with E-state index in [0.717, 1.165) is 5.56 Å². The average Bonchev–Trinajstić information content (AvgIpc) is 2.71. The Hall–Kier alpha value is -3.28.